The van der Waals surface area contributed by atoms with E-state index in [0.29, 0.717) is 18.0 Å². The smallest absolute Gasteiger partial charge is 0.381 e. The fourth-order valence-corrected chi connectivity index (χ4v) is 6.35. The van der Waals surface area contributed by atoms with Gasteiger partial charge in [-0.2, -0.15) is 13.2 Å². The molecule has 1 saturated heterocycles. The molecule has 1 heterocycles. The zero-order chi connectivity index (χ0) is 25.4. The van der Waals surface area contributed by atoms with E-state index in [-0.39, 0.29) is 29.5 Å². The number of alkyl halides is 4. The van der Waals surface area contributed by atoms with Crippen LogP contribution >= 0.6 is 0 Å². The first-order chi connectivity index (χ1) is 16.5. The summed E-state index contributed by atoms with van der Waals surface area (Å²) < 4.78 is 58.6. The zero-order valence-electron chi connectivity index (χ0n) is 21.0. The number of carbonyl (C=O) groups is 1. The predicted octanol–water partition coefficient (Wildman–Crippen LogP) is 5.73. The van der Waals surface area contributed by atoms with Gasteiger partial charge in [0.2, 0.25) is 5.91 Å². The van der Waals surface area contributed by atoms with Crippen molar-refractivity contribution in [2.45, 2.75) is 83.9 Å². The molecule has 1 aliphatic heterocycles. The first-order valence-corrected chi connectivity index (χ1v) is 12.9. The maximum Gasteiger partial charge on any atom is 0.416 e. The number of rotatable bonds is 8. The largest absolute Gasteiger partial charge is 0.416 e. The highest BCUT2D eigenvalue weighted by Crippen LogP contribution is 2.48. The molecule has 8 heteroatoms. The summed E-state index contributed by atoms with van der Waals surface area (Å²) in [7, 11) is 2.19. The fraction of sp³-hybridized carbons (Fsp3) is 0.741. The lowest BCUT2D eigenvalue weighted by molar-refractivity contribution is -0.137. The van der Waals surface area contributed by atoms with Gasteiger partial charge in [0.1, 0.15) is 6.67 Å². The molecule has 3 fully saturated rings. The fourth-order valence-electron chi connectivity index (χ4n) is 6.35. The van der Waals surface area contributed by atoms with Gasteiger partial charge < -0.3 is 10.1 Å². The summed E-state index contributed by atoms with van der Waals surface area (Å²) in [6.45, 7) is 4.67. The molecule has 0 bridgehead atoms. The van der Waals surface area contributed by atoms with E-state index in [0.717, 1.165) is 56.9 Å². The Bertz CT molecular complexity index is 902. The van der Waals surface area contributed by atoms with E-state index in [4.69, 9.17) is 4.74 Å². The first-order valence-electron chi connectivity index (χ1n) is 12.9. The van der Waals surface area contributed by atoms with Crippen LogP contribution in [0.2, 0.25) is 0 Å². The average molecular weight is 499 g/mol. The van der Waals surface area contributed by atoms with Crippen molar-refractivity contribution >= 4 is 5.91 Å². The number of amides is 1. The molecule has 3 aliphatic rings. The molecular weight excluding hydrogens is 460 g/mol. The average Bonchev–Trinajstić information content (AvgIpc) is 3.58. The second-order valence-electron chi connectivity index (χ2n) is 11.2. The molecule has 4 nitrogen and oxygen atoms in total. The van der Waals surface area contributed by atoms with Crippen LogP contribution in [0.3, 0.4) is 0 Å². The Morgan fingerprint density at radius 2 is 1.89 bits per heavy atom. The molecule has 0 spiro atoms. The van der Waals surface area contributed by atoms with Crippen molar-refractivity contribution in [2.75, 3.05) is 20.3 Å². The van der Waals surface area contributed by atoms with Crippen molar-refractivity contribution in [2.24, 2.45) is 23.2 Å². The second kappa shape index (κ2) is 10.4. The molecule has 2 saturated carbocycles. The van der Waals surface area contributed by atoms with Crippen LogP contribution in [-0.4, -0.2) is 43.2 Å². The van der Waals surface area contributed by atoms with Gasteiger partial charge in [0.15, 0.2) is 0 Å². The Kier molecular flexibility index (Phi) is 7.82. The highest BCUT2D eigenvalue weighted by Gasteiger charge is 2.50. The Balaban J connectivity index is 1.44. The van der Waals surface area contributed by atoms with Gasteiger partial charge in [-0.05, 0) is 80.7 Å². The lowest BCUT2D eigenvalue weighted by atomic mass is 9.74. The van der Waals surface area contributed by atoms with Crippen LogP contribution in [0, 0.1) is 23.2 Å². The summed E-state index contributed by atoms with van der Waals surface area (Å²) >= 11 is 0. The van der Waals surface area contributed by atoms with Gasteiger partial charge in [0.25, 0.3) is 0 Å². The third-order valence-corrected chi connectivity index (χ3v) is 8.76. The topological polar surface area (TPSA) is 41.6 Å². The van der Waals surface area contributed by atoms with Gasteiger partial charge in [-0.3, -0.25) is 9.69 Å². The Labute approximate surface area is 205 Å². The van der Waals surface area contributed by atoms with E-state index >= 15 is 0 Å². The predicted molar refractivity (Wildman–Crippen MR) is 126 cm³/mol. The van der Waals surface area contributed by atoms with Gasteiger partial charge in [0.05, 0.1) is 17.6 Å². The number of carbonyl (C=O) groups excluding carboxylic acids is 1. The Morgan fingerprint density at radius 1 is 1.17 bits per heavy atom. The SMILES string of the molecule is CC(C)[C@]1(C(=O)NCc2cc(CF)cc(C(F)(F)F)c2)CC[C@@H](N(C)C2CCOCC2C2CC2)C1. The van der Waals surface area contributed by atoms with E-state index < -0.39 is 23.8 Å². The molecule has 35 heavy (non-hydrogen) atoms. The van der Waals surface area contributed by atoms with Crippen LogP contribution < -0.4 is 5.32 Å². The molecule has 196 valence electrons. The van der Waals surface area contributed by atoms with Crippen molar-refractivity contribution in [1.29, 1.82) is 0 Å². The van der Waals surface area contributed by atoms with Crippen LogP contribution in [0.4, 0.5) is 17.6 Å². The number of nitrogens with zero attached hydrogens (tertiary/aromatic N) is 1. The molecule has 4 atom stereocenters. The number of benzene rings is 1. The third-order valence-electron chi connectivity index (χ3n) is 8.76. The molecule has 2 unspecified atom stereocenters. The lowest BCUT2D eigenvalue weighted by Crippen LogP contribution is -2.50. The zero-order valence-corrected chi connectivity index (χ0v) is 21.0. The van der Waals surface area contributed by atoms with Gasteiger partial charge in [-0.1, -0.05) is 19.9 Å². The summed E-state index contributed by atoms with van der Waals surface area (Å²) in [5.41, 5.74) is -1.23. The highest BCUT2D eigenvalue weighted by atomic mass is 19.4. The summed E-state index contributed by atoms with van der Waals surface area (Å²) in [4.78, 5) is 16.0. The Morgan fingerprint density at radius 3 is 2.51 bits per heavy atom. The van der Waals surface area contributed by atoms with Crippen molar-refractivity contribution in [3.05, 3.63) is 34.9 Å². The molecule has 4 rings (SSSR count). The highest BCUT2D eigenvalue weighted by molar-refractivity contribution is 5.83. The molecule has 1 amide bonds. The number of hydrogen-bond donors (Lipinski definition) is 1. The molecule has 1 aromatic carbocycles. The monoisotopic (exact) mass is 498 g/mol. The second-order valence-corrected chi connectivity index (χ2v) is 11.2. The molecular formula is C27H38F4N2O2. The van der Waals surface area contributed by atoms with E-state index in [1.54, 1.807) is 0 Å². The molecule has 1 N–H and O–H groups in total. The maximum atomic E-state index is 13.5. The first kappa shape index (κ1) is 26.4. The van der Waals surface area contributed by atoms with E-state index in [1.807, 2.05) is 0 Å². The van der Waals surface area contributed by atoms with E-state index in [9.17, 15) is 22.4 Å². The van der Waals surface area contributed by atoms with Gasteiger partial charge in [-0.15, -0.1) is 0 Å². The van der Waals surface area contributed by atoms with Gasteiger partial charge >= 0.3 is 6.18 Å². The maximum absolute atomic E-state index is 13.5. The third kappa shape index (κ3) is 5.68. The molecule has 0 aromatic heterocycles. The van der Waals surface area contributed by atoms with Gasteiger partial charge in [-0.25, -0.2) is 4.39 Å². The quantitative estimate of drug-likeness (QED) is 0.465. The van der Waals surface area contributed by atoms with Crippen molar-refractivity contribution in [3.8, 4) is 0 Å². The normalized spacial score (nSPS) is 29.7. The summed E-state index contributed by atoms with van der Waals surface area (Å²) in [5.74, 6) is 1.29. The molecule has 2 aliphatic carbocycles. The minimum absolute atomic E-state index is 0.0353. The van der Waals surface area contributed by atoms with Crippen molar-refractivity contribution < 1.29 is 27.1 Å². The van der Waals surface area contributed by atoms with Crippen molar-refractivity contribution in [1.82, 2.24) is 10.2 Å². The van der Waals surface area contributed by atoms with Crippen LogP contribution in [0.5, 0.6) is 0 Å². The minimum atomic E-state index is -4.56. The van der Waals surface area contributed by atoms with Crippen LogP contribution in [0.25, 0.3) is 0 Å². The lowest BCUT2D eigenvalue weighted by Gasteiger charge is -2.42. The number of ether oxygens (including phenoxy) is 1. The Hall–Kier alpha value is -1.67. The standard InChI is InChI=1S/C27H38F4N2O2/c1-17(2)26(25(34)32-15-19-10-18(14-28)11-21(12-19)27(29,30)31)8-6-22(13-26)33(3)24-7-9-35-16-23(24)20-4-5-20/h10-12,17,20,22-24H,4-9,13-16H2,1-3H3,(H,32,34)/t22-,23?,24?,26+/m1/s1. The van der Waals surface area contributed by atoms with Gasteiger partial charge in [0, 0.05) is 31.2 Å². The van der Waals surface area contributed by atoms with Crippen LogP contribution in [0.1, 0.15) is 69.1 Å². The molecule has 1 aromatic rings. The number of hydrogen-bond acceptors (Lipinski definition) is 3. The minimum Gasteiger partial charge on any atom is -0.381 e. The summed E-state index contributed by atoms with van der Waals surface area (Å²) in [6.07, 6.45) is 1.42. The number of halogens is 4. The van der Waals surface area contributed by atoms with E-state index in [1.165, 1.54) is 18.9 Å². The van der Waals surface area contributed by atoms with E-state index in [2.05, 4.69) is 31.1 Å². The van der Waals surface area contributed by atoms with Crippen LogP contribution in [-0.2, 0) is 28.9 Å². The molecule has 0 radical (unpaired) electrons. The summed E-state index contributed by atoms with van der Waals surface area (Å²) in [5, 5.41) is 2.90. The summed E-state index contributed by atoms with van der Waals surface area (Å²) in [6, 6.07) is 3.97. The van der Waals surface area contributed by atoms with Crippen molar-refractivity contribution in [3.63, 3.8) is 0 Å². The van der Waals surface area contributed by atoms with Crippen LogP contribution in [0.15, 0.2) is 18.2 Å². The number of nitrogens with one attached hydrogen (secondary N) is 1.